The molecule has 6 heteroatoms. The van der Waals surface area contributed by atoms with Crippen molar-refractivity contribution >= 4 is 12.0 Å². The molecule has 4 N–H and O–H groups in total. The van der Waals surface area contributed by atoms with Crippen LogP contribution in [0.5, 0.6) is 5.75 Å². The normalized spacial score (nSPS) is 26.7. The lowest BCUT2D eigenvalue weighted by atomic mass is 9.50. The van der Waals surface area contributed by atoms with Crippen LogP contribution in [0, 0.1) is 28.6 Å². The monoisotopic (exact) mass is 486 g/mol. The molecule has 6 nitrogen and oxygen atoms in total. The summed E-state index contributed by atoms with van der Waals surface area (Å²) >= 11 is 0. The van der Waals surface area contributed by atoms with Crippen molar-refractivity contribution in [3.63, 3.8) is 0 Å². The highest BCUT2D eigenvalue weighted by molar-refractivity contribution is 5.87. The summed E-state index contributed by atoms with van der Waals surface area (Å²) in [7, 11) is 0. The number of fused-ring (bicyclic) bond motifs is 1. The Balaban J connectivity index is 1.61. The van der Waals surface area contributed by atoms with Crippen LogP contribution < -0.4 is 0 Å². The van der Waals surface area contributed by atoms with Crippen molar-refractivity contribution in [1.29, 1.82) is 0 Å². The SMILES string of the molecule is C[C@H]1CC=C2C(CO)(CO)CCC[C@]2(C)[C@H]1CC[C@@H](CCO)COC(=O)/C=C/c1ccc(O)cc1. The summed E-state index contributed by atoms with van der Waals surface area (Å²) in [5.74, 6) is 0.716. The number of aliphatic hydroxyl groups excluding tert-OH is 3. The molecule has 1 fully saturated rings. The summed E-state index contributed by atoms with van der Waals surface area (Å²) in [6.45, 7) is 4.85. The quantitative estimate of drug-likeness (QED) is 0.209. The number of phenolic OH excluding ortho intramolecular Hbond substituents is 1. The third kappa shape index (κ3) is 6.35. The number of esters is 1. The van der Waals surface area contributed by atoms with E-state index in [9.17, 15) is 25.2 Å². The molecule has 0 amide bonds. The lowest BCUT2D eigenvalue weighted by Gasteiger charge is -2.55. The van der Waals surface area contributed by atoms with Gasteiger partial charge < -0.3 is 25.2 Å². The number of carbonyl (C=O) groups excluding carboxylic acids is 1. The predicted octanol–water partition coefficient (Wildman–Crippen LogP) is 4.47. The smallest absolute Gasteiger partial charge is 0.330 e. The van der Waals surface area contributed by atoms with Gasteiger partial charge in [-0.1, -0.05) is 44.1 Å². The van der Waals surface area contributed by atoms with E-state index in [4.69, 9.17) is 4.74 Å². The van der Waals surface area contributed by atoms with Gasteiger partial charge in [0.25, 0.3) is 0 Å². The van der Waals surface area contributed by atoms with Crippen molar-refractivity contribution in [2.45, 2.75) is 58.8 Å². The van der Waals surface area contributed by atoms with E-state index in [1.54, 1.807) is 30.3 Å². The fourth-order valence-electron chi connectivity index (χ4n) is 6.49. The summed E-state index contributed by atoms with van der Waals surface area (Å²) in [5, 5.41) is 39.3. The fourth-order valence-corrected chi connectivity index (χ4v) is 6.49. The van der Waals surface area contributed by atoms with E-state index in [0.29, 0.717) is 18.3 Å². The highest BCUT2D eigenvalue weighted by Gasteiger charge is 2.52. The zero-order chi connectivity index (χ0) is 25.5. The summed E-state index contributed by atoms with van der Waals surface area (Å²) in [5.41, 5.74) is 1.45. The Morgan fingerprint density at radius 2 is 1.86 bits per heavy atom. The van der Waals surface area contributed by atoms with Crippen LogP contribution in [-0.2, 0) is 9.53 Å². The fraction of sp³-hybridized carbons (Fsp3) is 0.621. The second kappa shape index (κ2) is 12.2. The molecule has 0 heterocycles. The minimum atomic E-state index is -0.519. The highest BCUT2D eigenvalue weighted by atomic mass is 16.5. The summed E-state index contributed by atoms with van der Waals surface area (Å²) in [4.78, 5) is 12.3. The zero-order valence-electron chi connectivity index (χ0n) is 21.2. The van der Waals surface area contributed by atoms with Gasteiger partial charge in [0.1, 0.15) is 5.75 Å². The van der Waals surface area contributed by atoms with Crippen LogP contribution >= 0.6 is 0 Å². The largest absolute Gasteiger partial charge is 0.508 e. The Hall–Kier alpha value is -2.15. The van der Waals surface area contributed by atoms with Crippen molar-refractivity contribution in [3.8, 4) is 5.75 Å². The van der Waals surface area contributed by atoms with Crippen LogP contribution in [-0.4, -0.2) is 52.8 Å². The van der Waals surface area contributed by atoms with E-state index in [2.05, 4.69) is 19.9 Å². The van der Waals surface area contributed by atoms with E-state index in [1.807, 2.05) is 0 Å². The minimum Gasteiger partial charge on any atom is -0.508 e. The highest BCUT2D eigenvalue weighted by Crippen LogP contribution is 2.59. The van der Waals surface area contributed by atoms with E-state index >= 15 is 0 Å². The van der Waals surface area contributed by atoms with Crippen LogP contribution in [0.15, 0.2) is 42.0 Å². The maximum Gasteiger partial charge on any atom is 0.330 e. The first kappa shape index (κ1) is 27.4. The maximum atomic E-state index is 12.3. The van der Waals surface area contributed by atoms with Gasteiger partial charge in [0.15, 0.2) is 0 Å². The molecule has 0 aromatic heterocycles. The summed E-state index contributed by atoms with van der Waals surface area (Å²) in [6, 6.07) is 6.56. The Morgan fingerprint density at radius 3 is 2.51 bits per heavy atom. The average Bonchev–Trinajstić information content (AvgIpc) is 2.85. The first-order valence-electron chi connectivity index (χ1n) is 13.0. The molecule has 0 spiro atoms. The molecule has 0 radical (unpaired) electrons. The molecular weight excluding hydrogens is 444 g/mol. The van der Waals surface area contributed by atoms with Gasteiger partial charge in [0.2, 0.25) is 0 Å². The second-order valence-corrected chi connectivity index (χ2v) is 10.8. The number of hydrogen-bond acceptors (Lipinski definition) is 6. The molecule has 35 heavy (non-hydrogen) atoms. The van der Waals surface area contributed by atoms with Gasteiger partial charge in [0.05, 0.1) is 19.8 Å². The van der Waals surface area contributed by atoms with Gasteiger partial charge in [-0.2, -0.15) is 0 Å². The van der Waals surface area contributed by atoms with Crippen LogP contribution in [0.1, 0.15) is 64.4 Å². The third-order valence-corrected chi connectivity index (χ3v) is 8.53. The number of aliphatic hydroxyl groups is 3. The topological polar surface area (TPSA) is 107 Å². The van der Waals surface area contributed by atoms with Gasteiger partial charge in [-0.25, -0.2) is 4.79 Å². The molecule has 1 aromatic rings. The molecule has 2 aliphatic rings. The Kier molecular flexibility index (Phi) is 9.56. The van der Waals surface area contributed by atoms with Crippen molar-refractivity contribution in [2.24, 2.45) is 28.6 Å². The number of hydrogen-bond donors (Lipinski definition) is 4. The molecule has 0 saturated heterocycles. The Bertz CT molecular complexity index is 885. The number of benzene rings is 1. The molecule has 0 unspecified atom stereocenters. The van der Waals surface area contributed by atoms with E-state index in [1.165, 1.54) is 11.6 Å². The lowest BCUT2D eigenvalue weighted by Crippen LogP contribution is -2.49. The van der Waals surface area contributed by atoms with Crippen LogP contribution in [0.25, 0.3) is 6.08 Å². The molecular formula is C29H42O6. The Labute approximate surface area is 209 Å². The first-order valence-corrected chi connectivity index (χ1v) is 13.0. The zero-order valence-corrected chi connectivity index (χ0v) is 21.2. The number of phenols is 1. The van der Waals surface area contributed by atoms with E-state index < -0.39 is 11.4 Å². The third-order valence-electron chi connectivity index (χ3n) is 8.53. The molecule has 194 valence electrons. The van der Waals surface area contributed by atoms with Gasteiger partial charge in [-0.3, -0.25) is 0 Å². The van der Waals surface area contributed by atoms with Crippen molar-refractivity contribution in [1.82, 2.24) is 0 Å². The van der Waals surface area contributed by atoms with Crippen LogP contribution in [0.4, 0.5) is 0 Å². The number of carbonyl (C=O) groups is 1. The van der Waals surface area contributed by atoms with Gasteiger partial charge in [0, 0.05) is 18.1 Å². The minimum absolute atomic E-state index is 0.0211. The number of allylic oxidation sites excluding steroid dienone is 1. The predicted molar refractivity (Wildman–Crippen MR) is 136 cm³/mol. The standard InChI is InChI=1S/C29H42O6/c1-21-4-12-26-28(2,15-3-16-29(26,19-31)20-32)25(21)11-7-23(14-17-30)18-35-27(34)13-8-22-5-9-24(33)10-6-22/h5-6,8-10,12-13,21,23,25,30-33H,3-4,7,11,14-20H2,1-2H3/b13-8+/t21-,23-,25-,28+/m0/s1. The van der Waals surface area contributed by atoms with Crippen LogP contribution in [0.3, 0.4) is 0 Å². The molecule has 1 saturated carbocycles. The number of aromatic hydroxyl groups is 1. The molecule has 1 aromatic carbocycles. The van der Waals surface area contributed by atoms with Gasteiger partial charge in [-0.05, 0) is 85.5 Å². The van der Waals surface area contributed by atoms with Crippen molar-refractivity contribution in [3.05, 3.63) is 47.6 Å². The molecule has 4 atom stereocenters. The number of rotatable bonds is 11. The van der Waals surface area contributed by atoms with Crippen LogP contribution in [0.2, 0.25) is 0 Å². The molecule has 3 rings (SSSR count). The molecule has 2 aliphatic carbocycles. The Morgan fingerprint density at radius 1 is 1.14 bits per heavy atom. The van der Waals surface area contributed by atoms with E-state index in [0.717, 1.165) is 44.1 Å². The second-order valence-electron chi connectivity index (χ2n) is 10.8. The molecule has 0 aliphatic heterocycles. The molecule has 0 bridgehead atoms. The maximum absolute atomic E-state index is 12.3. The summed E-state index contributed by atoms with van der Waals surface area (Å²) < 4.78 is 5.50. The van der Waals surface area contributed by atoms with Gasteiger partial charge in [-0.15, -0.1) is 0 Å². The van der Waals surface area contributed by atoms with E-state index in [-0.39, 0.29) is 43.5 Å². The summed E-state index contributed by atoms with van der Waals surface area (Å²) in [6.07, 6.45) is 11.5. The first-order chi connectivity index (χ1) is 16.8. The lowest BCUT2D eigenvalue weighted by molar-refractivity contribution is -0.139. The number of ether oxygens (including phenoxy) is 1. The van der Waals surface area contributed by atoms with Crippen molar-refractivity contribution in [2.75, 3.05) is 26.4 Å². The van der Waals surface area contributed by atoms with Gasteiger partial charge >= 0.3 is 5.97 Å². The van der Waals surface area contributed by atoms with Crippen molar-refractivity contribution < 1.29 is 30.0 Å². The average molecular weight is 487 g/mol.